The Bertz CT molecular complexity index is 817. The number of carbonyl (C=O) groups excluding carboxylic acids is 1. The van der Waals surface area contributed by atoms with Gasteiger partial charge in [-0.2, -0.15) is 0 Å². The third kappa shape index (κ3) is 4.55. The molecule has 0 radical (unpaired) electrons. The van der Waals surface area contributed by atoms with Crippen molar-refractivity contribution in [1.82, 2.24) is 0 Å². The fraction of sp³-hybridized carbons (Fsp3) is 0.381. The number of fused-ring (bicyclic) bond motifs is 1. The predicted octanol–water partition coefficient (Wildman–Crippen LogP) is -0.654. The summed E-state index contributed by atoms with van der Waals surface area (Å²) in [6, 6.07) is 13.8. The number of quaternary nitrogens is 2. The van der Waals surface area contributed by atoms with Gasteiger partial charge in [0.2, 0.25) is 6.79 Å². The van der Waals surface area contributed by atoms with Gasteiger partial charge in [0.25, 0.3) is 5.91 Å². The van der Waals surface area contributed by atoms with Crippen LogP contribution in [0.3, 0.4) is 0 Å². The summed E-state index contributed by atoms with van der Waals surface area (Å²) < 4.78 is 15.9. The first kappa shape index (κ1) is 18.6. The standard InChI is InChI=1S/C21H25N3O4/c1-26-18-5-2-16(3-6-18)13-23-8-10-24(11-9-23)14-21(25)22-17-4-7-19-20(12-17)28-15-27-19/h2-7,12H,8-11,13-15H2,1H3,(H,22,25)/p+2. The third-order valence-electron chi connectivity index (χ3n) is 5.34. The van der Waals surface area contributed by atoms with E-state index in [1.807, 2.05) is 30.3 Å². The summed E-state index contributed by atoms with van der Waals surface area (Å²) in [5.74, 6) is 2.33. The minimum Gasteiger partial charge on any atom is -0.497 e. The zero-order valence-electron chi connectivity index (χ0n) is 16.1. The maximum absolute atomic E-state index is 12.4. The lowest BCUT2D eigenvalue weighted by Crippen LogP contribution is -3.28. The van der Waals surface area contributed by atoms with Crippen molar-refractivity contribution in [1.29, 1.82) is 0 Å². The highest BCUT2D eigenvalue weighted by atomic mass is 16.7. The van der Waals surface area contributed by atoms with E-state index in [0.717, 1.165) is 49.9 Å². The lowest BCUT2D eigenvalue weighted by molar-refractivity contribution is -1.02. The van der Waals surface area contributed by atoms with E-state index in [1.165, 1.54) is 10.5 Å². The highest BCUT2D eigenvalue weighted by Crippen LogP contribution is 2.34. The Kier molecular flexibility index (Phi) is 5.64. The fourth-order valence-corrected chi connectivity index (χ4v) is 3.75. The molecule has 148 valence electrons. The molecule has 28 heavy (non-hydrogen) atoms. The lowest BCUT2D eigenvalue weighted by Gasteiger charge is -2.29. The molecular formula is C21H27N3O4+2. The Morgan fingerprint density at radius 3 is 2.46 bits per heavy atom. The van der Waals surface area contributed by atoms with Gasteiger partial charge in [-0.1, -0.05) is 0 Å². The van der Waals surface area contributed by atoms with Gasteiger partial charge in [-0.15, -0.1) is 0 Å². The van der Waals surface area contributed by atoms with E-state index < -0.39 is 0 Å². The Hall–Kier alpha value is -2.77. The van der Waals surface area contributed by atoms with Crippen molar-refractivity contribution in [2.75, 3.05) is 51.9 Å². The van der Waals surface area contributed by atoms with Crippen molar-refractivity contribution >= 4 is 11.6 Å². The maximum Gasteiger partial charge on any atom is 0.279 e. The smallest absolute Gasteiger partial charge is 0.279 e. The molecule has 0 spiro atoms. The summed E-state index contributed by atoms with van der Waals surface area (Å²) in [5, 5.41) is 2.97. The Balaban J connectivity index is 1.22. The molecule has 2 aliphatic heterocycles. The van der Waals surface area contributed by atoms with E-state index in [1.54, 1.807) is 12.0 Å². The van der Waals surface area contributed by atoms with Crippen LogP contribution in [0.15, 0.2) is 42.5 Å². The minimum atomic E-state index is 0.0347. The number of methoxy groups -OCH3 is 1. The van der Waals surface area contributed by atoms with E-state index in [9.17, 15) is 4.79 Å². The molecular weight excluding hydrogens is 358 g/mol. The van der Waals surface area contributed by atoms with Gasteiger partial charge in [0.05, 0.1) is 7.11 Å². The van der Waals surface area contributed by atoms with Gasteiger partial charge < -0.3 is 29.3 Å². The van der Waals surface area contributed by atoms with Crippen LogP contribution in [0.1, 0.15) is 5.56 Å². The van der Waals surface area contributed by atoms with Crippen molar-refractivity contribution in [2.24, 2.45) is 0 Å². The average molecular weight is 385 g/mol. The molecule has 1 saturated heterocycles. The highest BCUT2D eigenvalue weighted by Gasteiger charge is 2.25. The number of hydrogen-bond acceptors (Lipinski definition) is 4. The minimum absolute atomic E-state index is 0.0347. The number of rotatable bonds is 6. The second-order valence-electron chi connectivity index (χ2n) is 7.32. The van der Waals surface area contributed by atoms with E-state index in [-0.39, 0.29) is 12.7 Å². The number of nitrogens with one attached hydrogen (secondary N) is 3. The molecule has 2 aliphatic rings. The molecule has 2 heterocycles. The van der Waals surface area contributed by atoms with Crippen LogP contribution in [0.25, 0.3) is 0 Å². The van der Waals surface area contributed by atoms with Crippen LogP contribution in [-0.2, 0) is 11.3 Å². The molecule has 0 aromatic heterocycles. The molecule has 7 heteroatoms. The van der Waals surface area contributed by atoms with Crippen molar-refractivity contribution < 1.29 is 28.8 Å². The maximum atomic E-state index is 12.4. The van der Waals surface area contributed by atoms with E-state index >= 15 is 0 Å². The number of ether oxygens (including phenoxy) is 3. The molecule has 0 atom stereocenters. The molecule has 0 saturated carbocycles. The van der Waals surface area contributed by atoms with Crippen molar-refractivity contribution in [3.8, 4) is 17.2 Å². The molecule has 4 rings (SSSR count). The summed E-state index contributed by atoms with van der Waals surface area (Å²) in [6.45, 7) is 5.88. The molecule has 0 aliphatic carbocycles. The van der Waals surface area contributed by atoms with Gasteiger partial charge in [0.1, 0.15) is 38.5 Å². The van der Waals surface area contributed by atoms with Crippen LogP contribution < -0.4 is 29.3 Å². The molecule has 2 aromatic carbocycles. The molecule has 7 nitrogen and oxygen atoms in total. The Morgan fingerprint density at radius 2 is 1.71 bits per heavy atom. The van der Waals surface area contributed by atoms with Crippen LogP contribution in [0.5, 0.6) is 17.2 Å². The molecule has 3 N–H and O–H groups in total. The zero-order valence-corrected chi connectivity index (χ0v) is 16.1. The van der Waals surface area contributed by atoms with Crippen LogP contribution in [0.2, 0.25) is 0 Å². The number of anilines is 1. The molecule has 0 bridgehead atoms. The van der Waals surface area contributed by atoms with Crippen LogP contribution in [-0.4, -0.2) is 52.5 Å². The average Bonchev–Trinajstić information content (AvgIpc) is 3.18. The summed E-state index contributed by atoms with van der Waals surface area (Å²) >= 11 is 0. The molecule has 0 unspecified atom stereocenters. The SMILES string of the molecule is COc1ccc(C[NH+]2CC[NH+](CC(=O)Nc3ccc4c(c3)OCO4)CC2)cc1. The second-order valence-corrected chi connectivity index (χ2v) is 7.32. The van der Waals surface area contributed by atoms with E-state index in [2.05, 4.69) is 17.4 Å². The zero-order chi connectivity index (χ0) is 19.3. The first-order valence-corrected chi connectivity index (χ1v) is 9.69. The number of benzene rings is 2. The summed E-state index contributed by atoms with van der Waals surface area (Å²) in [7, 11) is 1.69. The van der Waals surface area contributed by atoms with Crippen molar-refractivity contribution in [3.63, 3.8) is 0 Å². The summed E-state index contributed by atoms with van der Waals surface area (Å²) in [6.07, 6.45) is 0. The van der Waals surface area contributed by atoms with E-state index in [4.69, 9.17) is 14.2 Å². The first-order valence-electron chi connectivity index (χ1n) is 9.69. The third-order valence-corrected chi connectivity index (χ3v) is 5.34. The van der Waals surface area contributed by atoms with Crippen molar-refractivity contribution in [2.45, 2.75) is 6.54 Å². The Morgan fingerprint density at radius 1 is 1.00 bits per heavy atom. The topological polar surface area (TPSA) is 65.7 Å². The lowest BCUT2D eigenvalue weighted by atomic mass is 10.2. The summed E-state index contributed by atoms with van der Waals surface area (Å²) in [4.78, 5) is 15.3. The first-order chi connectivity index (χ1) is 13.7. The van der Waals surface area contributed by atoms with Gasteiger partial charge in [-0.25, -0.2) is 0 Å². The fourth-order valence-electron chi connectivity index (χ4n) is 3.75. The second kappa shape index (κ2) is 8.50. The quantitative estimate of drug-likeness (QED) is 0.618. The molecule has 1 amide bonds. The number of amides is 1. The Labute approximate surface area is 164 Å². The van der Waals surface area contributed by atoms with Gasteiger partial charge in [-0.3, -0.25) is 4.79 Å². The van der Waals surface area contributed by atoms with Gasteiger partial charge in [0, 0.05) is 17.3 Å². The predicted molar refractivity (Wildman–Crippen MR) is 104 cm³/mol. The van der Waals surface area contributed by atoms with Crippen LogP contribution in [0, 0.1) is 0 Å². The van der Waals surface area contributed by atoms with E-state index in [0.29, 0.717) is 12.3 Å². The monoisotopic (exact) mass is 385 g/mol. The van der Waals surface area contributed by atoms with Gasteiger partial charge >= 0.3 is 0 Å². The van der Waals surface area contributed by atoms with Crippen LogP contribution in [0.4, 0.5) is 5.69 Å². The largest absolute Gasteiger partial charge is 0.497 e. The number of carbonyl (C=O) groups is 1. The molecule has 1 fully saturated rings. The molecule has 2 aromatic rings. The van der Waals surface area contributed by atoms with Gasteiger partial charge in [0.15, 0.2) is 18.0 Å². The number of piperazine rings is 1. The van der Waals surface area contributed by atoms with Gasteiger partial charge in [-0.05, 0) is 36.4 Å². The van der Waals surface area contributed by atoms with Crippen LogP contribution >= 0.6 is 0 Å². The normalized spacial score (nSPS) is 20.6. The summed E-state index contributed by atoms with van der Waals surface area (Å²) in [5.41, 5.74) is 2.07. The highest BCUT2D eigenvalue weighted by molar-refractivity contribution is 5.91. The number of hydrogen-bond donors (Lipinski definition) is 3. The van der Waals surface area contributed by atoms with Crippen molar-refractivity contribution in [3.05, 3.63) is 48.0 Å².